The maximum Gasteiger partial charge on any atom is 0.0355 e. The van der Waals surface area contributed by atoms with Crippen molar-refractivity contribution in [2.24, 2.45) is 0 Å². The van der Waals surface area contributed by atoms with Crippen molar-refractivity contribution in [3.63, 3.8) is 0 Å². The molecule has 0 unspecified atom stereocenters. The SMILES string of the molecule is c1ccc(SCc2ccc3sc4ccccc4c3c2)cc1. The van der Waals surface area contributed by atoms with Gasteiger partial charge in [-0.2, -0.15) is 0 Å². The van der Waals surface area contributed by atoms with E-state index >= 15 is 0 Å². The maximum absolute atomic E-state index is 2.35. The van der Waals surface area contributed by atoms with Gasteiger partial charge in [0.25, 0.3) is 0 Å². The van der Waals surface area contributed by atoms with Crippen LogP contribution in [0.15, 0.2) is 77.7 Å². The lowest BCUT2D eigenvalue weighted by Crippen LogP contribution is -1.80. The van der Waals surface area contributed by atoms with Gasteiger partial charge in [0, 0.05) is 30.8 Å². The number of hydrogen-bond donors (Lipinski definition) is 0. The molecule has 3 aromatic carbocycles. The van der Waals surface area contributed by atoms with E-state index in [-0.39, 0.29) is 0 Å². The van der Waals surface area contributed by atoms with Gasteiger partial charge in [-0.05, 0) is 35.9 Å². The van der Waals surface area contributed by atoms with E-state index < -0.39 is 0 Å². The summed E-state index contributed by atoms with van der Waals surface area (Å²) in [6, 6.07) is 26.1. The number of thiophene rings is 1. The highest BCUT2D eigenvalue weighted by atomic mass is 32.2. The first-order chi connectivity index (χ1) is 10.4. The third kappa shape index (κ3) is 2.57. The largest absolute Gasteiger partial charge is 0.135 e. The zero-order chi connectivity index (χ0) is 14.1. The summed E-state index contributed by atoms with van der Waals surface area (Å²) in [5, 5.41) is 2.77. The van der Waals surface area contributed by atoms with E-state index in [1.54, 1.807) is 0 Å². The topological polar surface area (TPSA) is 0 Å². The van der Waals surface area contributed by atoms with Gasteiger partial charge in [-0.1, -0.05) is 42.5 Å². The molecule has 0 aliphatic carbocycles. The molecule has 2 heteroatoms. The van der Waals surface area contributed by atoms with Gasteiger partial charge >= 0.3 is 0 Å². The highest BCUT2D eigenvalue weighted by Crippen LogP contribution is 2.35. The first-order valence-electron chi connectivity index (χ1n) is 6.98. The van der Waals surface area contributed by atoms with Gasteiger partial charge in [0.15, 0.2) is 0 Å². The van der Waals surface area contributed by atoms with Crippen LogP contribution in [0.3, 0.4) is 0 Å². The second-order valence-corrected chi connectivity index (χ2v) is 7.16. The normalized spacial score (nSPS) is 11.2. The second kappa shape index (κ2) is 5.55. The molecule has 0 aliphatic rings. The molecule has 4 rings (SSSR count). The van der Waals surface area contributed by atoms with E-state index in [9.17, 15) is 0 Å². The fourth-order valence-corrected chi connectivity index (χ4v) is 4.50. The molecule has 1 aromatic heterocycles. The van der Waals surface area contributed by atoms with Crippen molar-refractivity contribution in [1.29, 1.82) is 0 Å². The zero-order valence-corrected chi connectivity index (χ0v) is 13.1. The minimum absolute atomic E-state index is 1.02. The number of thioether (sulfide) groups is 1. The quantitative estimate of drug-likeness (QED) is 0.398. The Balaban J connectivity index is 1.68. The summed E-state index contributed by atoms with van der Waals surface area (Å²) in [4.78, 5) is 1.33. The minimum atomic E-state index is 1.02. The van der Waals surface area contributed by atoms with Crippen molar-refractivity contribution in [2.75, 3.05) is 0 Å². The van der Waals surface area contributed by atoms with E-state index in [0.717, 1.165) is 5.75 Å². The Bertz CT molecular complexity index is 891. The molecule has 0 fully saturated rings. The minimum Gasteiger partial charge on any atom is -0.135 e. The lowest BCUT2D eigenvalue weighted by atomic mass is 10.1. The highest BCUT2D eigenvalue weighted by molar-refractivity contribution is 7.98. The van der Waals surface area contributed by atoms with Crippen molar-refractivity contribution in [3.8, 4) is 0 Å². The van der Waals surface area contributed by atoms with Crippen LogP contribution in [0.25, 0.3) is 20.2 Å². The molecular weight excluding hydrogens is 292 g/mol. The monoisotopic (exact) mass is 306 g/mol. The molecule has 0 spiro atoms. The molecule has 0 atom stereocenters. The lowest BCUT2D eigenvalue weighted by molar-refractivity contribution is 1.40. The van der Waals surface area contributed by atoms with Crippen LogP contribution in [0.1, 0.15) is 5.56 Å². The third-order valence-electron chi connectivity index (χ3n) is 3.59. The summed E-state index contributed by atoms with van der Waals surface area (Å²) in [6.07, 6.45) is 0. The average Bonchev–Trinajstić information content (AvgIpc) is 2.92. The molecule has 0 bridgehead atoms. The molecule has 21 heavy (non-hydrogen) atoms. The average molecular weight is 306 g/mol. The van der Waals surface area contributed by atoms with Crippen LogP contribution in [-0.2, 0) is 5.75 Å². The number of hydrogen-bond acceptors (Lipinski definition) is 2. The van der Waals surface area contributed by atoms with Crippen molar-refractivity contribution in [3.05, 3.63) is 78.4 Å². The fraction of sp³-hybridized carbons (Fsp3) is 0.0526. The molecule has 102 valence electrons. The van der Waals surface area contributed by atoms with Gasteiger partial charge in [0.05, 0.1) is 0 Å². The summed E-state index contributed by atoms with van der Waals surface area (Å²) in [7, 11) is 0. The van der Waals surface area contributed by atoms with Gasteiger partial charge in [0.1, 0.15) is 0 Å². The predicted octanol–water partition coefficient (Wildman–Crippen LogP) is 6.35. The molecule has 0 aliphatic heterocycles. The molecule has 0 amide bonds. The standard InChI is InChI=1S/C19H14S2/c1-2-6-15(7-3-1)20-13-14-10-11-19-17(12-14)16-8-4-5-9-18(16)21-19/h1-12H,13H2. The number of rotatable bonds is 3. The Morgan fingerprint density at radius 1 is 0.714 bits per heavy atom. The Kier molecular flexibility index (Phi) is 3.42. The van der Waals surface area contributed by atoms with Crippen LogP contribution in [0, 0.1) is 0 Å². The highest BCUT2D eigenvalue weighted by Gasteiger charge is 2.05. The van der Waals surface area contributed by atoms with Gasteiger partial charge < -0.3 is 0 Å². The molecule has 4 aromatic rings. The molecule has 0 radical (unpaired) electrons. The number of fused-ring (bicyclic) bond motifs is 3. The molecule has 0 nitrogen and oxygen atoms in total. The van der Waals surface area contributed by atoms with Crippen LogP contribution >= 0.6 is 23.1 Å². The lowest BCUT2D eigenvalue weighted by Gasteiger charge is -2.02. The third-order valence-corrected chi connectivity index (χ3v) is 5.82. The van der Waals surface area contributed by atoms with E-state index in [4.69, 9.17) is 0 Å². The van der Waals surface area contributed by atoms with Crippen LogP contribution in [-0.4, -0.2) is 0 Å². The number of benzene rings is 3. The first-order valence-corrected chi connectivity index (χ1v) is 8.78. The van der Waals surface area contributed by atoms with Gasteiger partial charge in [-0.15, -0.1) is 23.1 Å². The Labute approximate surface area is 132 Å². The summed E-state index contributed by atoms with van der Waals surface area (Å²) >= 11 is 3.77. The molecule has 1 heterocycles. The van der Waals surface area contributed by atoms with Crippen LogP contribution in [0.4, 0.5) is 0 Å². The zero-order valence-electron chi connectivity index (χ0n) is 11.5. The molecule has 0 saturated heterocycles. The molecule has 0 N–H and O–H groups in total. The van der Waals surface area contributed by atoms with Gasteiger partial charge in [0.2, 0.25) is 0 Å². The van der Waals surface area contributed by atoms with Gasteiger partial charge in [-0.25, -0.2) is 0 Å². The smallest absolute Gasteiger partial charge is 0.0355 e. The fourth-order valence-electron chi connectivity index (χ4n) is 2.55. The summed E-state index contributed by atoms with van der Waals surface area (Å²) < 4.78 is 2.75. The van der Waals surface area contributed by atoms with E-state index in [1.165, 1.54) is 30.6 Å². The Morgan fingerprint density at radius 2 is 1.48 bits per heavy atom. The van der Waals surface area contributed by atoms with Crippen LogP contribution in [0.5, 0.6) is 0 Å². The van der Waals surface area contributed by atoms with Gasteiger partial charge in [-0.3, -0.25) is 0 Å². The second-order valence-electron chi connectivity index (χ2n) is 5.03. The summed E-state index contributed by atoms with van der Waals surface area (Å²) in [6.45, 7) is 0. The van der Waals surface area contributed by atoms with Crippen molar-refractivity contribution < 1.29 is 0 Å². The van der Waals surface area contributed by atoms with E-state index in [2.05, 4.69) is 72.8 Å². The van der Waals surface area contributed by atoms with Crippen molar-refractivity contribution in [2.45, 2.75) is 10.6 Å². The van der Waals surface area contributed by atoms with E-state index in [0.29, 0.717) is 0 Å². The summed E-state index contributed by atoms with van der Waals surface area (Å²) in [5.74, 6) is 1.02. The summed E-state index contributed by atoms with van der Waals surface area (Å²) in [5.41, 5.74) is 1.39. The first kappa shape index (κ1) is 12.9. The van der Waals surface area contributed by atoms with E-state index in [1.807, 2.05) is 23.1 Å². The van der Waals surface area contributed by atoms with Crippen molar-refractivity contribution >= 4 is 43.3 Å². The maximum atomic E-state index is 2.35. The van der Waals surface area contributed by atoms with Crippen LogP contribution < -0.4 is 0 Å². The van der Waals surface area contributed by atoms with Crippen LogP contribution in [0.2, 0.25) is 0 Å². The molecular formula is C19H14S2. The Morgan fingerprint density at radius 3 is 2.38 bits per heavy atom. The molecule has 0 saturated carbocycles. The van der Waals surface area contributed by atoms with Crippen molar-refractivity contribution in [1.82, 2.24) is 0 Å². The predicted molar refractivity (Wildman–Crippen MR) is 95.3 cm³/mol. The Hall–Kier alpha value is -1.77.